The lowest BCUT2D eigenvalue weighted by molar-refractivity contribution is -0.372. The Hall–Kier alpha value is -3.17. The molecule has 0 unspecified atom stereocenters. The van der Waals surface area contributed by atoms with E-state index in [1.54, 1.807) is 25.2 Å². The molecular formula is C18H18F4N3O3+. The number of H-pyrrole nitrogens is 1. The van der Waals surface area contributed by atoms with Gasteiger partial charge in [0.05, 0.1) is 18.4 Å². The van der Waals surface area contributed by atoms with Crippen LogP contribution in [0.5, 0.6) is 0 Å². The molecule has 3 N–H and O–H groups in total. The molecule has 0 saturated heterocycles. The van der Waals surface area contributed by atoms with Crippen molar-refractivity contribution in [3.8, 4) is 0 Å². The number of methoxy groups -OCH3 is 1. The number of carbonyl (C=O) groups is 2. The van der Waals surface area contributed by atoms with Gasteiger partial charge in [-0.15, -0.1) is 0 Å². The minimum absolute atomic E-state index is 0.200. The number of amides is 1. The first kappa shape index (κ1) is 21.1. The number of carbonyl (C=O) groups excluding carboxylic acids is 2. The van der Waals surface area contributed by atoms with Crippen molar-refractivity contribution in [1.82, 2.24) is 5.32 Å². The fourth-order valence-electron chi connectivity index (χ4n) is 2.59. The molecule has 1 atom stereocenters. The number of aromatic amines is 1. The molecule has 0 radical (unpaired) electrons. The van der Waals surface area contributed by atoms with Crippen LogP contribution in [0.15, 0.2) is 36.4 Å². The highest BCUT2D eigenvalue weighted by molar-refractivity contribution is 5.99. The highest BCUT2D eigenvalue weighted by atomic mass is 19.4. The number of anilines is 1. The van der Waals surface area contributed by atoms with Crippen molar-refractivity contribution in [2.45, 2.75) is 25.7 Å². The quantitative estimate of drug-likeness (QED) is 0.459. The zero-order chi connectivity index (χ0) is 21.1. The molecule has 150 valence electrons. The second-order valence-electron chi connectivity index (χ2n) is 6.05. The van der Waals surface area contributed by atoms with E-state index in [-0.39, 0.29) is 5.82 Å². The van der Waals surface area contributed by atoms with Crippen molar-refractivity contribution < 1.29 is 36.9 Å². The lowest BCUT2D eigenvalue weighted by Gasteiger charge is -2.30. The van der Waals surface area contributed by atoms with Gasteiger partial charge in [-0.05, 0) is 37.6 Å². The Labute approximate surface area is 157 Å². The van der Waals surface area contributed by atoms with Crippen LogP contribution in [0.2, 0.25) is 0 Å². The summed E-state index contributed by atoms with van der Waals surface area (Å²) < 4.78 is 60.1. The van der Waals surface area contributed by atoms with Gasteiger partial charge in [-0.25, -0.2) is 19.5 Å². The van der Waals surface area contributed by atoms with Crippen molar-refractivity contribution in [3.05, 3.63) is 59.0 Å². The van der Waals surface area contributed by atoms with Crippen molar-refractivity contribution >= 4 is 17.7 Å². The zero-order valence-electron chi connectivity index (χ0n) is 15.2. The van der Waals surface area contributed by atoms with E-state index in [1.165, 1.54) is 18.2 Å². The molecule has 2 rings (SSSR count). The molecule has 1 amide bonds. The second kappa shape index (κ2) is 7.83. The van der Waals surface area contributed by atoms with Crippen LogP contribution in [0.4, 0.5) is 23.4 Å². The highest BCUT2D eigenvalue weighted by Crippen LogP contribution is 2.33. The van der Waals surface area contributed by atoms with Gasteiger partial charge in [-0.2, -0.15) is 13.2 Å². The minimum Gasteiger partial charge on any atom is -0.464 e. The number of rotatable bonds is 5. The van der Waals surface area contributed by atoms with Crippen molar-refractivity contribution in [2.75, 3.05) is 12.4 Å². The fourth-order valence-corrected chi connectivity index (χ4v) is 2.59. The lowest BCUT2D eigenvalue weighted by atomic mass is 10.1. The van der Waals surface area contributed by atoms with E-state index >= 15 is 0 Å². The number of esters is 1. The largest absolute Gasteiger partial charge is 0.464 e. The highest BCUT2D eigenvalue weighted by Gasteiger charge is 2.67. The number of hydrogen-bond acceptors (Lipinski definition) is 4. The molecule has 1 heterocycles. The van der Waals surface area contributed by atoms with E-state index in [0.717, 1.165) is 19.2 Å². The fraction of sp³-hybridized carbons (Fsp3) is 0.278. The molecule has 6 nitrogen and oxygen atoms in total. The number of aryl methyl sites for hydroxylation is 2. The number of aromatic nitrogens is 1. The first-order valence-corrected chi connectivity index (χ1v) is 8.01. The second-order valence-corrected chi connectivity index (χ2v) is 6.05. The first-order valence-electron chi connectivity index (χ1n) is 8.01. The standard InChI is InChI=1S/C18H17F4N3O3/c1-10-8-11(2)23-14(9-10)24-17(16(27)28-3,18(20,21)22)25-15(26)12-6-4-5-7-13(12)19/h4-9H,1-3H3,(H,23,24)(H,25,26)/p+1/t17-/m1/s1. The number of alkyl halides is 3. The summed E-state index contributed by atoms with van der Waals surface area (Å²) in [4.78, 5) is 27.2. The Balaban J connectivity index is 2.56. The van der Waals surface area contributed by atoms with E-state index < -0.39 is 35.1 Å². The molecule has 28 heavy (non-hydrogen) atoms. The summed E-state index contributed by atoms with van der Waals surface area (Å²) in [5.41, 5.74) is -3.21. The molecule has 0 aliphatic rings. The average Bonchev–Trinajstić information content (AvgIpc) is 2.58. The molecule has 0 aliphatic heterocycles. The van der Waals surface area contributed by atoms with Crippen molar-refractivity contribution in [1.29, 1.82) is 0 Å². The van der Waals surface area contributed by atoms with Crippen LogP contribution in [0.1, 0.15) is 21.6 Å². The Kier molecular flexibility index (Phi) is 5.91. The molecule has 0 bridgehead atoms. The third-order valence-electron chi connectivity index (χ3n) is 3.81. The van der Waals surface area contributed by atoms with Gasteiger partial charge < -0.3 is 4.74 Å². The number of halogens is 4. The predicted molar refractivity (Wildman–Crippen MR) is 90.8 cm³/mol. The molecule has 2 aromatic rings. The van der Waals surface area contributed by atoms with Gasteiger partial charge in [0.1, 0.15) is 5.82 Å². The maximum Gasteiger partial charge on any atom is 0.464 e. The average molecular weight is 400 g/mol. The summed E-state index contributed by atoms with van der Waals surface area (Å²) in [6.45, 7) is 3.24. The Morgan fingerprint density at radius 1 is 1.11 bits per heavy atom. The van der Waals surface area contributed by atoms with Crippen molar-refractivity contribution in [3.63, 3.8) is 0 Å². The summed E-state index contributed by atoms with van der Waals surface area (Å²) in [6, 6.07) is 7.42. The molecule has 0 fully saturated rings. The third kappa shape index (κ3) is 4.21. The summed E-state index contributed by atoms with van der Waals surface area (Å²) >= 11 is 0. The minimum atomic E-state index is -5.33. The van der Waals surface area contributed by atoms with Gasteiger partial charge in [0.15, 0.2) is 0 Å². The molecule has 10 heteroatoms. The SMILES string of the molecule is COC(=O)[C@](NC(=O)c1ccccc1F)(Nc1cc(C)cc(C)[nH+]1)C(F)(F)F. The van der Waals surface area contributed by atoms with E-state index in [9.17, 15) is 27.2 Å². The smallest absolute Gasteiger partial charge is 0.464 e. The van der Waals surface area contributed by atoms with E-state index in [1.807, 2.05) is 5.32 Å². The first-order chi connectivity index (χ1) is 13.0. The predicted octanol–water partition coefficient (Wildman–Crippen LogP) is 2.53. The maximum absolute atomic E-state index is 14.0. The van der Waals surface area contributed by atoms with Crippen LogP contribution in [0.3, 0.4) is 0 Å². The number of benzene rings is 1. The van der Waals surface area contributed by atoms with Gasteiger partial charge >= 0.3 is 17.8 Å². The van der Waals surface area contributed by atoms with Crippen LogP contribution in [-0.4, -0.2) is 30.8 Å². The summed E-state index contributed by atoms with van der Waals surface area (Å²) in [5.74, 6) is -4.51. The summed E-state index contributed by atoms with van der Waals surface area (Å²) in [7, 11) is 0.741. The number of nitrogens with one attached hydrogen (secondary N) is 3. The molecule has 0 spiro atoms. The molecule has 0 aliphatic carbocycles. The Morgan fingerprint density at radius 3 is 2.29 bits per heavy atom. The van der Waals surface area contributed by atoms with Crippen LogP contribution in [-0.2, 0) is 9.53 Å². The number of ether oxygens (including phenoxy) is 1. The lowest BCUT2D eigenvalue weighted by Crippen LogP contribution is -2.69. The normalized spacial score (nSPS) is 13.4. The van der Waals surface area contributed by atoms with Gasteiger partial charge in [-0.3, -0.25) is 10.1 Å². The van der Waals surface area contributed by atoms with Crippen LogP contribution in [0, 0.1) is 19.7 Å². The van der Waals surface area contributed by atoms with Gasteiger partial charge in [-0.1, -0.05) is 12.1 Å². The van der Waals surface area contributed by atoms with Gasteiger partial charge in [0.2, 0.25) is 0 Å². The topological polar surface area (TPSA) is 81.6 Å². The van der Waals surface area contributed by atoms with Crippen molar-refractivity contribution in [2.24, 2.45) is 0 Å². The van der Waals surface area contributed by atoms with E-state index in [4.69, 9.17) is 0 Å². The monoisotopic (exact) mass is 400 g/mol. The summed E-state index contributed by atoms with van der Waals surface area (Å²) in [6.07, 6.45) is -5.33. The zero-order valence-corrected chi connectivity index (χ0v) is 15.2. The molecular weight excluding hydrogens is 382 g/mol. The van der Waals surface area contributed by atoms with Gasteiger partial charge in [0.25, 0.3) is 11.7 Å². The van der Waals surface area contributed by atoms with Crippen LogP contribution < -0.4 is 15.6 Å². The number of hydrogen-bond donors (Lipinski definition) is 2. The molecule has 0 saturated carbocycles. The Morgan fingerprint density at radius 2 is 1.75 bits per heavy atom. The van der Waals surface area contributed by atoms with Crippen LogP contribution in [0.25, 0.3) is 0 Å². The van der Waals surface area contributed by atoms with E-state index in [0.29, 0.717) is 11.3 Å². The Bertz CT molecular complexity index is 882. The third-order valence-corrected chi connectivity index (χ3v) is 3.81. The number of pyridine rings is 1. The maximum atomic E-state index is 14.0. The summed E-state index contributed by atoms with van der Waals surface area (Å²) in [5, 5.41) is 3.53. The van der Waals surface area contributed by atoms with E-state index in [2.05, 4.69) is 9.72 Å². The molecule has 1 aromatic heterocycles. The molecule has 1 aromatic carbocycles. The van der Waals surface area contributed by atoms with Crippen LogP contribution >= 0.6 is 0 Å². The van der Waals surface area contributed by atoms with Gasteiger partial charge in [0, 0.05) is 6.07 Å².